The Labute approximate surface area is 67.1 Å². The smallest absolute Gasteiger partial charge is 0.104 e. The van der Waals surface area contributed by atoms with Crippen LogP contribution in [0.15, 0.2) is 0 Å². The summed E-state index contributed by atoms with van der Waals surface area (Å²) in [6.45, 7) is 4.14. The van der Waals surface area contributed by atoms with Crippen molar-refractivity contribution in [1.82, 2.24) is 0 Å². The van der Waals surface area contributed by atoms with Crippen molar-refractivity contribution in [3.63, 3.8) is 0 Å². The highest BCUT2D eigenvalue weighted by Crippen LogP contribution is 2.11. The first-order chi connectivity index (χ1) is 4.68. The minimum absolute atomic E-state index is 0.201. The van der Waals surface area contributed by atoms with Crippen LogP contribution in [0.1, 0.15) is 26.7 Å². The van der Waals surface area contributed by atoms with E-state index in [0.717, 1.165) is 5.75 Å². The third kappa shape index (κ3) is 4.68. The molecule has 1 unspecified atom stereocenters. The summed E-state index contributed by atoms with van der Waals surface area (Å²) in [6.07, 6.45) is 2.44. The van der Waals surface area contributed by atoms with Crippen molar-refractivity contribution in [2.75, 3.05) is 5.75 Å². The van der Waals surface area contributed by atoms with Gasteiger partial charge in [0.05, 0.1) is 5.25 Å². The Balaban J connectivity index is 3.21. The molecule has 2 nitrogen and oxygen atoms in total. The maximum atomic E-state index is 7.09. The number of hydrogen-bond acceptors (Lipinski definition) is 2. The van der Waals surface area contributed by atoms with E-state index in [9.17, 15) is 0 Å². The van der Waals surface area contributed by atoms with Crippen molar-refractivity contribution in [3.05, 3.63) is 0 Å². The van der Waals surface area contributed by atoms with Gasteiger partial charge in [0, 0.05) is 0 Å². The van der Waals surface area contributed by atoms with Crippen LogP contribution >= 0.6 is 11.8 Å². The van der Waals surface area contributed by atoms with Gasteiger partial charge in [0.2, 0.25) is 0 Å². The van der Waals surface area contributed by atoms with E-state index in [0.29, 0.717) is 5.84 Å². The molecule has 0 fully saturated rings. The van der Waals surface area contributed by atoms with Gasteiger partial charge in [0.15, 0.2) is 0 Å². The Morgan fingerprint density at radius 1 is 1.70 bits per heavy atom. The van der Waals surface area contributed by atoms with Crippen LogP contribution in [-0.2, 0) is 0 Å². The van der Waals surface area contributed by atoms with Crippen LogP contribution in [0, 0.1) is 5.41 Å². The molecule has 0 heterocycles. The lowest BCUT2D eigenvalue weighted by Gasteiger charge is -2.07. The molecule has 0 aliphatic heterocycles. The summed E-state index contributed by atoms with van der Waals surface area (Å²) in [5, 5.41) is 7.29. The summed E-state index contributed by atoms with van der Waals surface area (Å²) in [5.74, 6) is 1.41. The van der Waals surface area contributed by atoms with E-state index in [2.05, 4.69) is 6.92 Å². The summed E-state index contributed by atoms with van der Waals surface area (Å²) in [7, 11) is 0. The van der Waals surface area contributed by atoms with Crippen molar-refractivity contribution in [2.24, 2.45) is 5.73 Å². The molecule has 0 aromatic rings. The minimum Gasteiger partial charge on any atom is -0.387 e. The van der Waals surface area contributed by atoms with E-state index >= 15 is 0 Å². The number of thioether (sulfide) groups is 1. The maximum absolute atomic E-state index is 7.09. The first-order valence-electron chi connectivity index (χ1n) is 3.64. The monoisotopic (exact) mass is 160 g/mol. The van der Waals surface area contributed by atoms with E-state index in [1.54, 1.807) is 11.8 Å². The third-order valence-electron chi connectivity index (χ3n) is 1.30. The first kappa shape index (κ1) is 9.82. The van der Waals surface area contributed by atoms with E-state index in [-0.39, 0.29) is 5.25 Å². The van der Waals surface area contributed by atoms with Gasteiger partial charge < -0.3 is 5.73 Å². The van der Waals surface area contributed by atoms with Crippen LogP contribution < -0.4 is 5.73 Å². The van der Waals surface area contributed by atoms with E-state index in [4.69, 9.17) is 11.1 Å². The van der Waals surface area contributed by atoms with Gasteiger partial charge in [0.25, 0.3) is 0 Å². The SMILES string of the molecule is CCCCSC(C)C(=N)N. The lowest BCUT2D eigenvalue weighted by atomic mass is 10.4. The maximum Gasteiger partial charge on any atom is 0.104 e. The highest BCUT2D eigenvalue weighted by molar-refractivity contribution is 8.00. The molecule has 0 bridgehead atoms. The summed E-state index contributed by atoms with van der Waals surface area (Å²) >= 11 is 1.76. The molecule has 10 heavy (non-hydrogen) atoms. The molecule has 0 aromatic heterocycles. The van der Waals surface area contributed by atoms with Crippen molar-refractivity contribution in [3.8, 4) is 0 Å². The van der Waals surface area contributed by atoms with Crippen LogP contribution in [0.4, 0.5) is 0 Å². The second kappa shape index (κ2) is 5.59. The Hall–Kier alpha value is -0.180. The molecule has 3 N–H and O–H groups in total. The van der Waals surface area contributed by atoms with E-state index < -0.39 is 0 Å². The molecule has 0 amide bonds. The highest BCUT2D eigenvalue weighted by Gasteiger charge is 2.03. The molecule has 0 saturated carbocycles. The van der Waals surface area contributed by atoms with Crippen molar-refractivity contribution in [1.29, 1.82) is 5.41 Å². The van der Waals surface area contributed by atoms with Gasteiger partial charge >= 0.3 is 0 Å². The fourth-order valence-corrected chi connectivity index (χ4v) is 1.48. The Bertz CT molecular complexity index is 104. The lowest BCUT2D eigenvalue weighted by molar-refractivity contribution is 0.895. The average Bonchev–Trinajstić information content (AvgIpc) is 1.88. The fourth-order valence-electron chi connectivity index (χ4n) is 0.494. The summed E-state index contributed by atoms with van der Waals surface area (Å²) in [4.78, 5) is 0. The molecule has 0 aliphatic rings. The first-order valence-corrected chi connectivity index (χ1v) is 4.68. The predicted octanol–water partition coefficient (Wildman–Crippen LogP) is 1.84. The Kier molecular flexibility index (Phi) is 5.49. The van der Waals surface area contributed by atoms with Crippen LogP contribution in [0.25, 0.3) is 0 Å². The average molecular weight is 160 g/mol. The highest BCUT2D eigenvalue weighted by atomic mass is 32.2. The van der Waals surface area contributed by atoms with Crippen LogP contribution in [0.3, 0.4) is 0 Å². The molecule has 0 aromatic carbocycles. The summed E-state index contributed by atoms with van der Waals surface area (Å²) < 4.78 is 0. The fraction of sp³-hybridized carbons (Fsp3) is 0.857. The quantitative estimate of drug-likeness (QED) is 0.366. The van der Waals surface area contributed by atoms with Gasteiger partial charge in [-0.15, -0.1) is 0 Å². The zero-order chi connectivity index (χ0) is 7.98. The molecule has 0 spiro atoms. The zero-order valence-electron chi connectivity index (χ0n) is 6.68. The van der Waals surface area contributed by atoms with Crippen molar-refractivity contribution < 1.29 is 0 Å². The summed E-state index contributed by atoms with van der Waals surface area (Å²) in [5.41, 5.74) is 5.28. The van der Waals surface area contributed by atoms with Gasteiger partial charge in [-0.2, -0.15) is 11.8 Å². The number of hydrogen-bond donors (Lipinski definition) is 2. The number of amidine groups is 1. The topological polar surface area (TPSA) is 49.9 Å². The van der Waals surface area contributed by atoms with E-state index in [1.807, 2.05) is 6.92 Å². The second-order valence-electron chi connectivity index (χ2n) is 2.32. The van der Waals surface area contributed by atoms with Crippen molar-refractivity contribution >= 4 is 17.6 Å². The molecule has 0 saturated heterocycles. The molecule has 0 rings (SSSR count). The lowest BCUT2D eigenvalue weighted by Crippen LogP contribution is -2.22. The minimum atomic E-state index is 0.201. The predicted molar refractivity (Wildman–Crippen MR) is 48.7 cm³/mol. The molecular formula is C7H16N2S. The normalized spacial score (nSPS) is 13.0. The van der Waals surface area contributed by atoms with Crippen molar-refractivity contribution in [2.45, 2.75) is 31.9 Å². The van der Waals surface area contributed by atoms with E-state index in [1.165, 1.54) is 12.8 Å². The Morgan fingerprint density at radius 2 is 2.30 bits per heavy atom. The molecular weight excluding hydrogens is 144 g/mol. The molecule has 3 heteroatoms. The van der Waals surface area contributed by atoms with Crippen LogP contribution in [-0.4, -0.2) is 16.8 Å². The Morgan fingerprint density at radius 3 is 2.70 bits per heavy atom. The standard InChI is InChI=1S/C7H16N2S/c1-3-4-5-10-6(2)7(8)9/h6H,3-5H2,1-2H3,(H3,8,9). The van der Waals surface area contributed by atoms with Gasteiger partial charge in [-0.3, -0.25) is 5.41 Å². The zero-order valence-corrected chi connectivity index (χ0v) is 7.50. The number of unbranched alkanes of at least 4 members (excludes halogenated alkanes) is 1. The van der Waals surface area contributed by atoms with Crippen LogP contribution in [0.5, 0.6) is 0 Å². The number of rotatable bonds is 5. The molecule has 60 valence electrons. The third-order valence-corrected chi connectivity index (χ3v) is 2.58. The van der Waals surface area contributed by atoms with Crippen LogP contribution in [0.2, 0.25) is 0 Å². The molecule has 0 aliphatic carbocycles. The number of nitrogens with one attached hydrogen (secondary N) is 1. The van der Waals surface area contributed by atoms with Gasteiger partial charge in [-0.05, 0) is 19.1 Å². The number of nitrogens with two attached hydrogens (primary N) is 1. The molecule has 1 atom stereocenters. The second-order valence-corrected chi connectivity index (χ2v) is 3.77. The van der Waals surface area contributed by atoms with Gasteiger partial charge in [-0.1, -0.05) is 13.3 Å². The molecule has 0 radical (unpaired) electrons. The summed E-state index contributed by atoms with van der Waals surface area (Å²) in [6, 6.07) is 0. The largest absolute Gasteiger partial charge is 0.387 e. The van der Waals surface area contributed by atoms with Gasteiger partial charge in [0.1, 0.15) is 5.84 Å². The van der Waals surface area contributed by atoms with Gasteiger partial charge in [-0.25, -0.2) is 0 Å².